The van der Waals surface area contributed by atoms with Crippen LogP contribution in [-0.4, -0.2) is 18.1 Å². The van der Waals surface area contributed by atoms with Gasteiger partial charge in [-0.2, -0.15) is 0 Å². The van der Waals surface area contributed by atoms with Crippen LogP contribution >= 0.6 is 15.9 Å². The molecule has 0 saturated heterocycles. The van der Waals surface area contributed by atoms with E-state index in [-0.39, 0.29) is 11.9 Å². The minimum absolute atomic E-state index is 0.122. The zero-order valence-corrected chi connectivity index (χ0v) is 13.0. The van der Waals surface area contributed by atoms with Gasteiger partial charge in [-0.25, -0.2) is 4.79 Å². The van der Waals surface area contributed by atoms with Gasteiger partial charge in [0, 0.05) is 10.2 Å². The molecule has 1 aromatic rings. The summed E-state index contributed by atoms with van der Waals surface area (Å²) in [4.78, 5) is 12.4. The van der Waals surface area contributed by atoms with E-state index in [9.17, 15) is 4.79 Å². The molecule has 0 amide bonds. The second-order valence-electron chi connectivity index (χ2n) is 5.12. The summed E-state index contributed by atoms with van der Waals surface area (Å²) >= 11 is 3.42. The van der Waals surface area contributed by atoms with Crippen molar-refractivity contribution in [1.82, 2.24) is 0 Å². The molecule has 2 atom stereocenters. The molecule has 0 bridgehead atoms. The molecular formula is C15H20BrNO2. The molecule has 1 fully saturated rings. The average molecular weight is 326 g/mol. The minimum atomic E-state index is -0.566. The highest BCUT2D eigenvalue weighted by Crippen LogP contribution is 2.39. The van der Waals surface area contributed by atoms with Crippen LogP contribution in [0.2, 0.25) is 0 Å². The van der Waals surface area contributed by atoms with Crippen LogP contribution in [0.15, 0.2) is 28.7 Å². The summed E-state index contributed by atoms with van der Waals surface area (Å²) < 4.78 is 6.32. The third-order valence-electron chi connectivity index (χ3n) is 3.90. The summed E-state index contributed by atoms with van der Waals surface area (Å²) in [5, 5.41) is 3.42. The minimum Gasteiger partial charge on any atom is -0.464 e. The molecule has 0 aliphatic heterocycles. The van der Waals surface area contributed by atoms with Crippen LogP contribution in [0.1, 0.15) is 33.1 Å². The monoisotopic (exact) mass is 325 g/mol. The molecule has 104 valence electrons. The Morgan fingerprint density at radius 3 is 2.68 bits per heavy atom. The van der Waals surface area contributed by atoms with Gasteiger partial charge in [0.2, 0.25) is 0 Å². The molecule has 2 rings (SSSR count). The largest absolute Gasteiger partial charge is 0.464 e. The molecule has 19 heavy (non-hydrogen) atoms. The third-order valence-corrected chi connectivity index (χ3v) is 4.43. The second-order valence-corrected chi connectivity index (χ2v) is 6.03. The second kappa shape index (κ2) is 5.95. The molecule has 0 spiro atoms. The number of carbonyl (C=O) groups excluding carboxylic acids is 1. The van der Waals surface area contributed by atoms with Crippen molar-refractivity contribution in [3.63, 3.8) is 0 Å². The summed E-state index contributed by atoms with van der Waals surface area (Å²) in [7, 11) is 0. The van der Waals surface area contributed by atoms with Gasteiger partial charge >= 0.3 is 5.97 Å². The fraction of sp³-hybridized carbons (Fsp3) is 0.533. The van der Waals surface area contributed by atoms with Gasteiger partial charge in [0.05, 0.1) is 6.61 Å². The molecule has 0 heterocycles. The van der Waals surface area contributed by atoms with Gasteiger partial charge in [0.1, 0.15) is 5.54 Å². The summed E-state index contributed by atoms with van der Waals surface area (Å²) in [5.41, 5.74) is 0.397. The SMILES string of the molecule is CCOC(=O)C1(Nc2ccc(Br)cc2)CCCC1C. The molecule has 2 unspecified atom stereocenters. The Hall–Kier alpha value is -1.03. The Labute approximate surface area is 122 Å². The maximum atomic E-state index is 12.4. The molecular weight excluding hydrogens is 306 g/mol. The number of halogens is 1. The molecule has 1 N–H and O–H groups in total. The first kappa shape index (κ1) is 14.4. The topological polar surface area (TPSA) is 38.3 Å². The van der Waals surface area contributed by atoms with E-state index < -0.39 is 5.54 Å². The summed E-state index contributed by atoms with van der Waals surface area (Å²) in [5.74, 6) is 0.165. The molecule has 1 aliphatic rings. The van der Waals surface area contributed by atoms with E-state index in [0.29, 0.717) is 6.61 Å². The Bertz CT molecular complexity index is 446. The van der Waals surface area contributed by atoms with Crippen LogP contribution in [0, 0.1) is 5.92 Å². The summed E-state index contributed by atoms with van der Waals surface area (Å²) in [6.07, 6.45) is 2.95. The normalized spacial score (nSPS) is 26.2. The maximum absolute atomic E-state index is 12.4. The average Bonchev–Trinajstić information content (AvgIpc) is 2.75. The predicted octanol–water partition coefficient (Wildman–Crippen LogP) is 3.98. The third kappa shape index (κ3) is 2.94. The number of esters is 1. The Kier molecular flexibility index (Phi) is 4.50. The zero-order valence-electron chi connectivity index (χ0n) is 11.4. The Balaban J connectivity index is 2.23. The standard InChI is InChI=1S/C15H20BrNO2/c1-3-19-14(18)15(10-4-5-11(15)2)17-13-8-6-12(16)7-9-13/h6-9,11,17H,3-5,10H2,1-2H3. The van der Waals surface area contributed by atoms with Gasteiger partial charge in [-0.1, -0.05) is 29.3 Å². The zero-order chi connectivity index (χ0) is 13.9. The van der Waals surface area contributed by atoms with Crippen LogP contribution in [0.25, 0.3) is 0 Å². The van der Waals surface area contributed by atoms with Crippen molar-refractivity contribution in [2.45, 2.75) is 38.6 Å². The molecule has 0 aromatic heterocycles. The van der Waals surface area contributed by atoms with E-state index >= 15 is 0 Å². The van der Waals surface area contributed by atoms with E-state index in [2.05, 4.69) is 28.2 Å². The molecule has 1 aliphatic carbocycles. The van der Waals surface area contributed by atoms with Crippen LogP contribution in [0.5, 0.6) is 0 Å². The van der Waals surface area contributed by atoms with Crippen molar-refractivity contribution in [3.8, 4) is 0 Å². The quantitative estimate of drug-likeness (QED) is 0.851. The van der Waals surface area contributed by atoms with Crippen molar-refractivity contribution in [1.29, 1.82) is 0 Å². The predicted molar refractivity (Wildman–Crippen MR) is 80.1 cm³/mol. The van der Waals surface area contributed by atoms with Crippen molar-refractivity contribution >= 4 is 27.6 Å². The summed E-state index contributed by atoms with van der Waals surface area (Å²) in [6, 6.07) is 7.91. The van der Waals surface area contributed by atoms with Crippen molar-refractivity contribution in [3.05, 3.63) is 28.7 Å². The first-order valence-electron chi connectivity index (χ1n) is 6.79. The fourth-order valence-corrected chi connectivity index (χ4v) is 3.03. The van der Waals surface area contributed by atoms with Crippen LogP contribution in [0.4, 0.5) is 5.69 Å². The molecule has 0 radical (unpaired) electrons. The number of nitrogens with one attached hydrogen (secondary N) is 1. The van der Waals surface area contributed by atoms with Crippen LogP contribution in [0.3, 0.4) is 0 Å². The van der Waals surface area contributed by atoms with Gasteiger partial charge in [-0.15, -0.1) is 0 Å². The van der Waals surface area contributed by atoms with Gasteiger partial charge in [0.15, 0.2) is 0 Å². The van der Waals surface area contributed by atoms with E-state index in [1.807, 2.05) is 31.2 Å². The van der Waals surface area contributed by atoms with Gasteiger partial charge in [0.25, 0.3) is 0 Å². The van der Waals surface area contributed by atoms with E-state index in [1.54, 1.807) is 0 Å². The number of hydrogen-bond acceptors (Lipinski definition) is 3. The lowest BCUT2D eigenvalue weighted by Gasteiger charge is -2.33. The van der Waals surface area contributed by atoms with Crippen LogP contribution in [-0.2, 0) is 9.53 Å². The lowest BCUT2D eigenvalue weighted by atomic mass is 9.88. The molecule has 4 heteroatoms. The lowest BCUT2D eigenvalue weighted by Crippen LogP contribution is -2.49. The van der Waals surface area contributed by atoms with Gasteiger partial charge < -0.3 is 10.1 Å². The number of hydrogen-bond donors (Lipinski definition) is 1. The lowest BCUT2D eigenvalue weighted by molar-refractivity contribution is -0.149. The first-order valence-corrected chi connectivity index (χ1v) is 7.59. The van der Waals surface area contributed by atoms with Gasteiger partial charge in [-0.05, 0) is 49.9 Å². The first-order chi connectivity index (χ1) is 9.08. The Morgan fingerprint density at radius 1 is 1.47 bits per heavy atom. The van der Waals surface area contributed by atoms with E-state index in [1.165, 1.54) is 0 Å². The molecule has 3 nitrogen and oxygen atoms in total. The highest BCUT2D eigenvalue weighted by atomic mass is 79.9. The maximum Gasteiger partial charge on any atom is 0.332 e. The number of anilines is 1. The van der Waals surface area contributed by atoms with E-state index in [4.69, 9.17) is 4.74 Å². The van der Waals surface area contributed by atoms with Gasteiger partial charge in [-0.3, -0.25) is 0 Å². The Morgan fingerprint density at radius 2 is 2.16 bits per heavy atom. The van der Waals surface area contributed by atoms with Crippen molar-refractivity contribution in [2.75, 3.05) is 11.9 Å². The van der Waals surface area contributed by atoms with Crippen molar-refractivity contribution in [2.24, 2.45) is 5.92 Å². The number of ether oxygens (including phenoxy) is 1. The van der Waals surface area contributed by atoms with Crippen molar-refractivity contribution < 1.29 is 9.53 Å². The smallest absolute Gasteiger partial charge is 0.332 e. The fourth-order valence-electron chi connectivity index (χ4n) is 2.77. The highest BCUT2D eigenvalue weighted by molar-refractivity contribution is 9.10. The van der Waals surface area contributed by atoms with E-state index in [0.717, 1.165) is 29.4 Å². The number of carbonyl (C=O) groups is 1. The van der Waals surface area contributed by atoms with Crippen LogP contribution < -0.4 is 5.32 Å². The number of benzene rings is 1. The molecule has 1 aromatic carbocycles. The number of rotatable bonds is 4. The summed E-state index contributed by atoms with van der Waals surface area (Å²) in [6.45, 7) is 4.40. The molecule has 1 saturated carbocycles. The highest BCUT2D eigenvalue weighted by Gasteiger charge is 2.48.